The van der Waals surface area contributed by atoms with Crippen LogP contribution in [0, 0.1) is 5.92 Å². The number of carbonyl (C=O) groups excluding carboxylic acids is 1. The Morgan fingerprint density at radius 1 is 1.12 bits per heavy atom. The van der Waals surface area contributed by atoms with Gasteiger partial charge in [0.15, 0.2) is 0 Å². The number of amides is 1. The van der Waals surface area contributed by atoms with Crippen LogP contribution in [0.4, 0.5) is 0 Å². The maximum atomic E-state index is 13.1. The molecule has 1 fully saturated rings. The van der Waals surface area contributed by atoms with E-state index >= 15 is 0 Å². The number of nitrogens with zero attached hydrogens (tertiary/aromatic N) is 1. The molecule has 0 unspecified atom stereocenters. The predicted octanol–water partition coefficient (Wildman–Crippen LogP) is 2.84. The van der Waals surface area contributed by atoms with Crippen LogP contribution in [0.5, 0.6) is 5.75 Å². The highest BCUT2D eigenvalue weighted by Gasteiger charge is 2.48. The van der Waals surface area contributed by atoms with Crippen molar-refractivity contribution in [1.82, 2.24) is 4.90 Å². The molecule has 26 heavy (non-hydrogen) atoms. The maximum absolute atomic E-state index is 13.1. The number of carboxylic acid groups (broad SMARTS) is 1. The zero-order chi connectivity index (χ0) is 18.3. The van der Waals surface area contributed by atoms with Crippen molar-refractivity contribution in [2.75, 3.05) is 7.11 Å². The average Bonchev–Trinajstić information content (AvgIpc) is 3.47. The minimum Gasteiger partial charge on any atom is -0.497 e. The summed E-state index contributed by atoms with van der Waals surface area (Å²) in [6, 6.07) is 14.7. The number of aliphatic carboxylic acids is 1. The van der Waals surface area contributed by atoms with E-state index in [2.05, 4.69) is 0 Å². The van der Waals surface area contributed by atoms with Gasteiger partial charge in [-0.05, 0) is 41.2 Å². The van der Waals surface area contributed by atoms with Crippen LogP contribution in [0.15, 0.2) is 48.5 Å². The van der Waals surface area contributed by atoms with Gasteiger partial charge in [0.25, 0.3) is 0 Å². The predicted molar refractivity (Wildman–Crippen MR) is 96.0 cm³/mol. The normalized spacial score (nSPS) is 23.9. The number of benzene rings is 2. The molecule has 1 heterocycles. The number of ether oxygens (including phenoxy) is 1. The molecule has 1 aliphatic heterocycles. The molecule has 0 aromatic heterocycles. The summed E-state index contributed by atoms with van der Waals surface area (Å²) in [7, 11) is 1.62. The molecule has 0 saturated heterocycles. The lowest BCUT2D eigenvalue weighted by molar-refractivity contribution is -0.152. The third-order valence-corrected chi connectivity index (χ3v) is 5.45. The van der Waals surface area contributed by atoms with Crippen LogP contribution < -0.4 is 4.74 Å². The molecule has 2 aromatic carbocycles. The van der Waals surface area contributed by atoms with Crippen LogP contribution >= 0.6 is 0 Å². The third-order valence-electron chi connectivity index (χ3n) is 5.45. The summed E-state index contributed by atoms with van der Waals surface area (Å²) in [6.07, 6.45) is 1.13. The molecule has 134 valence electrons. The molecule has 1 amide bonds. The summed E-state index contributed by atoms with van der Waals surface area (Å²) in [5.74, 6) is -0.222. The lowest BCUT2D eigenvalue weighted by atomic mass is 9.93. The van der Waals surface area contributed by atoms with Gasteiger partial charge >= 0.3 is 5.97 Å². The second kappa shape index (κ2) is 6.48. The molecule has 1 aliphatic carbocycles. The molecule has 1 N–H and O–H groups in total. The topological polar surface area (TPSA) is 66.8 Å². The summed E-state index contributed by atoms with van der Waals surface area (Å²) in [6.45, 7) is 0.368. The number of hydrogen-bond donors (Lipinski definition) is 1. The molecule has 2 aliphatic rings. The van der Waals surface area contributed by atoms with E-state index in [1.165, 1.54) is 0 Å². The van der Waals surface area contributed by atoms with Crippen molar-refractivity contribution in [2.24, 2.45) is 5.92 Å². The van der Waals surface area contributed by atoms with Gasteiger partial charge in [-0.15, -0.1) is 0 Å². The van der Waals surface area contributed by atoms with Crippen LogP contribution in [0.1, 0.15) is 29.0 Å². The first-order chi connectivity index (χ1) is 12.6. The Balaban J connectivity index is 1.55. The summed E-state index contributed by atoms with van der Waals surface area (Å²) >= 11 is 0. The monoisotopic (exact) mass is 351 g/mol. The van der Waals surface area contributed by atoms with Crippen molar-refractivity contribution < 1.29 is 19.4 Å². The van der Waals surface area contributed by atoms with E-state index in [0.717, 1.165) is 28.9 Å². The van der Waals surface area contributed by atoms with E-state index in [1.807, 2.05) is 48.5 Å². The Morgan fingerprint density at radius 3 is 2.62 bits per heavy atom. The smallest absolute Gasteiger partial charge is 0.326 e. The Labute approximate surface area is 152 Å². The molecule has 0 bridgehead atoms. The second-order valence-electron chi connectivity index (χ2n) is 7.02. The first-order valence-corrected chi connectivity index (χ1v) is 8.82. The fraction of sp³-hybridized carbons (Fsp3) is 0.333. The van der Waals surface area contributed by atoms with E-state index in [-0.39, 0.29) is 17.7 Å². The number of rotatable bonds is 4. The minimum absolute atomic E-state index is 0.0558. The highest BCUT2D eigenvalue weighted by molar-refractivity contribution is 5.88. The van der Waals surface area contributed by atoms with Crippen molar-refractivity contribution in [2.45, 2.75) is 31.3 Å². The van der Waals surface area contributed by atoms with Crippen LogP contribution in [-0.4, -0.2) is 35.0 Å². The largest absolute Gasteiger partial charge is 0.497 e. The molecule has 3 atom stereocenters. The van der Waals surface area contributed by atoms with Crippen molar-refractivity contribution in [3.8, 4) is 5.75 Å². The average molecular weight is 351 g/mol. The van der Waals surface area contributed by atoms with Gasteiger partial charge in [-0.2, -0.15) is 0 Å². The Bertz CT molecular complexity index is 863. The van der Waals surface area contributed by atoms with Gasteiger partial charge in [-0.3, -0.25) is 4.79 Å². The molecule has 0 spiro atoms. The van der Waals surface area contributed by atoms with Crippen LogP contribution in [0.3, 0.4) is 0 Å². The van der Waals surface area contributed by atoms with Crippen molar-refractivity contribution in [1.29, 1.82) is 0 Å². The van der Waals surface area contributed by atoms with Gasteiger partial charge in [0.2, 0.25) is 5.91 Å². The molecule has 5 heteroatoms. The van der Waals surface area contributed by atoms with Crippen LogP contribution in [0.2, 0.25) is 0 Å². The summed E-state index contributed by atoms with van der Waals surface area (Å²) in [5.41, 5.74) is 3.13. The fourth-order valence-electron chi connectivity index (χ4n) is 3.90. The van der Waals surface area contributed by atoms with Gasteiger partial charge in [0.1, 0.15) is 11.8 Å². The summed E-state index contributed by atoms with van der Waals surface area (Å²) < 4.78 is 5.26. The zero-order valence-electron chi connectivity index (χ0n) is 14.6. The number of methoxy groups -OCH3 is 1. The van der Waals surface area contributed by atoms with Gasteiger partial charge in [-0.1, -0.05) is 36.4 Å². The molecular formula is C21H21NO4. The SMILES string of the molecule is COc1cccc([C@@H]2C[C@@H]2C(=O)N2Cc3ccccc3C[C@H]2C(=O)O)c1. The van der Waals surface area contributed by atoms with Crippen molar-refractivity contribution in [3.05, 3.63) is 65.2 Å². The summed E-state index contributed by atoms with van der Waals surface area (Å²) in [5, 5.41) is 9.63. The van der Waals surface area contributed by atoms with E-state index in [4.69, 9.17) is 4.74 Å². The maximum Gasteiger partial charge on any atom is 0.326 e. The van der Waals surface area contributed by atoms with E-state index in [1.54, 1.807) is 12.0 Å². The fourth-order valence-corrected chi connectivity index (χ4v) is 3.90. The lowest BCUT2D eigenvalue weighted by Crippen LogP contribution is -2.49. The molecule has 1 saturated carbocycles. The number of fused-ring (bicyclic) bond motifs is 1. The van der Waals surface area contributed by atoms with E-state index < -0.39 is 12.0 Å². The lowest BCUT2D eigenvalue weighted by Gasteiger charge is -2.34. The highest BCUT2D eigenvalue weighted by Crippen LogP contribution is 2.49. The summed E-state index contributed by atoms with van der Waals surface area (Å²) in [4.78, 5) is 26.4. The minimum atomic E-state index is -0.938. The Morgan fingerprint density at radius 2 is 1.88 bits per heavy atom. The molecule has 4 rings (SSSR count). The Kier molecular flexibility index (Phi) is 4.15. The molecule has 2 aromatic rings. The van der Waals surface area contributed by atoms with Crippen molar-refractivity contribution in [3.63, 3.8) is 0 Å². The first-order valence-electron chi connectivity index (χ1n) is 8.82. The van der Waals surface area contributed by atoms with Crippen molar-refractivity contribution >= 4 is 11.9 Å². The van der Waals surface area contributed by atoms with Gasteiger partial charge in [0, 0.05) is 18.9 Å². The standard InChI is InChI=1S/C21H21NO4/c1-26-16-8-4-7-14(9-16)17-11-18(17)20(23)22-12-15-6-3-2-5-13(15)10-19(22)21(24)25/h2-9,17-19H,10-12H2,1H3,(H,24,25)/t17-,18-,19-/m0/s1. The number of hydrogen-bond acceptors (Lipinski definition) is 3. The molecule has 0 radical (unpaired) electrons. The van der Waals surface area contributed by atoms with E-state index in [9.17, 15) is 14.7 Å². The molecule has 5 nitrogen and oxygen atoms in total. The molecular weight excluding hydrogens is 330 g/mol. The number of carbonyl (C=O) groups is 2. The quantitative estimate of drug-likeness (QED) is 0.920. The highest BCUT2D eigenvalue weighted by atomic mass is 16.5. The first kappa shape index (κ1) is 16.6. The van der Waals surface area contributed by atoms with Crippen LogP contribution in [0.25, 0.3) is 0 Å². The van der Waals surface area contributed by atoms with E-state index in [0.29, 0.717) is 13.0 Å². The van der Waals surface area contributed by atoms with Gasteiger partial charge < -0.3 is 14.7 Å². The number of carboxylic acids is 1. The third kappa shape index (κ3) is 2.94. The second-order valence-corrected chi connectivity index (χ2v) is 7.02. The van der Waals surface area contributed by atoms with Crippen LogP contribution in [-0.2, 0) is 22.6 Å². The Hall–Kier alpha value is -2.82. The zero-order valence-corrected chi connectivity index (χ0v) is 14.6. The van der Waals surface area contributed by atoms with Gasteiger partial charge in [0.05, 0.1) is 7.11 Å². The van der Waals surface area contributed by atoms with Gasteiger partial charge in [-0.25, -0.2) is 4.79 Å².